The maximum absolute atomic E-state index is 13.7. The summed E-state index contributed by atoms with van der Waals surface area (Å²) in [5.41, 5.74) is 8.18. The van der Waals surface area contributed by atoms with Crippen LogP contribution in [0.15, 0.2) is 66.9 Å². The van der Waals surface area contributed by atoms with Crippen LogP contribution in [0.2, 0.25) is 0 Å². The van der Waals surface area contributed by atoms with Crippen LogP contribution in [0, 0.1) is 18.7 Å². The van der Waals surface area contributed by atoms with Gasteiger partial charge in [-0.15, -0.1) is 0 Å². The molecule has 0 saturated carbocycles. The van der Waals surface area contributed by atoms with Crippen molar-refractivity contribution in [1.82, 2.24) is 15.3 Å². The molecule has 0 radical (unpaired) electrons. The van der Waals surface area contributed by atoms with Crippen LogP contribution in [0.3, 0.4) is 0 Å². The van der Waals surface area contributed by atoms with Crippen molar-refractivity contribution in [3.8, 4) is 0 Å². The van der Waals surface area contributed by atoms with E-state index in [0.717, 1.165) is 55.0 Å². The second kappa shape index (κ2) is 13.0. The number of nitrogens with two attached hydrogens (primary N) is 1. The van der Waals surface area contributed by atoms with Crippen molar-refractivity contribution in [2.24, 2.45) is 11.8 Å². The van der Waals surface area contributed by atoms with Crippen molar-refractivity contribution in [1.29, 1.82) is 0 Å². The highest BCUT2D eigenvalue weighted by Gasteiger charge is 2.30. The van der Waals surface area contributed by atoms with Crippen molar-refractivity contribution in [2.45, 2.75) is 59.2 Å². The van der Waals surface area contributed by atoms with E-state index in [1.807, 2.05) is 43.5 Å². The number of amides is 1. The lowest BCUT2D eigenvalue weighted by Crippen LogP contribution is -2.56. The second-order valence-corrected chi connectivity index (χ2v) is 10.7. The number of hydrogen-bond acceptors (Lipinski definition) is 5. The molecule has 7 heteroatoms. The summed E-state index contributed by atoms with van der Waals surface area (Å²) in [7, 11) is 0. The van der Waals surface area contributed by atoms with Gasteiger partial charge < -0.3 is 4.90 Å². The Hall–Kier alpha value is -3.55. The summed E-state index contributed by atoms with van der Waals surface area (Å²) >= 11 is 0. The van der Waals surface area contributed by atoms with E-state index in [1.165, 1.54) is 11.6 Å². The van der Waals surface area contributed by atoms with Crippen LogP contribution in [-0.4, -0.2) is 41.0 Å². The molecule has 3 N–H and O–H groups in total. The van der Waals surface area contributed by atoms with Gasteiger partial charge in [0.25, 0.3) is 5.91 Å². The summed E-state index contributed by atoms with van der Waals surface area (Å²) in [4.78, 5) is 21.3. The highest BCUT2D eigenvalue weighted by molar-refractivity contribution is 5.93. The molecular formula is C32H40FN5O. The number of pyridine rings is 1. The molecule has 1 aliphatic rings. The van der Waals surface area contributed by atoms with E-state index in [2.05, 4.69) is 54.2 Å². The second-order valence-electron chi connectivity index (χ2n) is 10.7. The zero-order chi connectivity index (χ0) is 27.9. The minimum Gasteiger partial charge on any atom is -0.367 e. The van der Waals surface area contributed by atoms with E-state index in [1.54, 1.807) is 12.1 Å². The predicted molar refractivity (Wildman–Crippen MR) is 157 cm³/mol. The number of allylic oxidation sites excluding steroid dienone is 1. The highest BCUT2D eigenvalue weighted by Crippen LogP contribution is 2.26. The van der Waals surface area contributed by atoms with Crippen LogP contribution in [0.25, 0.3) is 6.08 Å². The zero-order valence-electron chi connectivity index (χ0n) is 23.4. The normalized spacial score (nSPS) is 18.9. The van der Waals surface area contributed by atoms with E-state index in [0.29, 0.717) is 23.6 Å². The molecule has 39 heavy (non-hydrogen) atoms. The van der Waals surface area contributed by atoms with Crippen molar-refractivity contribution in [3.05, 3.63) is 101 Å². The number of aryl methyl sites for hydroxylation is 1. The summed E-state index contributed by atoms with van der Waals surface area (Å²) in [6.07, 6.45) is 8.35. The minimum atomic E-state index is -0.284. The Morgan fingerprint density at radius 1 is 1.13 bits per heavy atom. The van der Waals surface area contributed by atoms with Crippen LogP contribution in [0.5, 0.6) is 0 Å². The first kappa shape index (κ1) is 28.5. The molecule has 3 atom stereocenters. The van der Waals surface area contributed by atoms with Gasteiger partial charge in [0.15, 0.2) is 0 Å². The lowest BCUT2D eigenvalue weighted by molar-refractivity contribution is 0.0953. The number of anilines is 1. The number of nitrogen functional groups attached to an aromatic ring is 1. The molecule has 3 unspecified atom stereocenters. The fourth-order valence-corrected chi connectivity index (χ4v) is 5.37. The van der Waals surface area contributed by atoms with Crippen molar-refractivity contribution in [3.63, 3.8) is 0 Å². The third-order valence-electron chi connectivity index (χ3n) is 7.75. The number of nitrogens with zero attached hydrogens (tertiary/aromatic N) is 3. The number of hydrogen-bond donors (Lipinski definition) is 2. The Morgan fingerprint density at radius 3 is 2.49 bits per heavy atom. The number of halogens is 1. The van der Waals surface area contributed by atoms with E-state index < -0.39 is 0 Å². The summed E-state index contributed by atoms with van der Waals surface area (Å²) < 4.78 is 13.7. The van der Waals surface area contributed by atoms with Crippen molar-refractivity contribution < 1.29 is 9.18 Å². The SMILES string of the molecule is CCC(C=Cc1cc(N2CC(C)N(Cc3cccc(F)c3)C(C)C2)cnc1C)Cc1ccc(C(=O)NN)cc1. The van der Waals surface area contributed by atoms with Gasteiger partial charge in [-0.2, -0.15) is 0 Å². The Balaban J connectivity index is 1.42. The standard InChI is InChI=1S/C32H40FN5O/c1-5-25(15-26-10-12-28(13-11-26)32(39)36-34)9-14-29-17-31(18-35-24(29)4)37-19-22(2)38(23(3)20-37)21-27-7-6-8-30(33)16-27/h6-14,16-18,22-23,25H,5,15,19-21,34H2,1-4H3,(H,36,39). The van der Waals surface area contributed by atoms with Crippen LogP contribution >= 0.6 is 0 Å². The first-order valence-corrected chi connectivity index (χ1v) is 13.8. The third-order valence-corrected chi connectivity index (χ3v) is 7.75. The van der Waals surface area contributed by atoms with Gasteiger partial charge >= 0.3 is 0 Å². The molecule has 0 aliphatic carbocycles. The molecule has 0 bridgehead atoms. The Labute approximate surface area is 231 Å². The summed E-state index contributed by atoms with van der Waals surface area (Å²) in [6.45, 7) is 11.3. The van der Waals surface area contributed by atoms with Gasteiger partial charge in [0, 0.05) is 43.0 Å². The predicted octanol–water partition coefficient (Wildman–Crippen LogP) is 5.51. The van der Waals surface area contributed by atoms with E-state index >= 15 is 0 Å². The largest absolute Gasteiger partial charge is 0.367 e. The lowest BCUT2D eigenvalue weighted by Gasteiger charge is -2.45. The molecule has 1 aromatic heterocycles. The monoisotopic (exact) mass is 529 g/mol. The van der Waals surface area contributed by atoms with Gasteiger partial charge in [-0.1, -0.05) is 43.3 Å². The molecular weight excluding hydrogens is 489 g/mol. The lowest BCUT2D eigenvalue weighted by atomic mass is 9.95. The molecule has 206 valence electrons. The smallest absolute Gasteiger partial charge is 0.265 e. The molecule has 2 aromatic carbocycles. The van der Waals surface area contributed by atoms with Gasteiger partial charge in [-0.05, 0) is 86.6 Å². The Bertz CT molecular complexity index is 1280. The molecule has 1 amide bonds. The quantitative estimate of drug-likeness (QED) is 0.217. The molecule has 3 aromatic rings. The first-order chi connectivity index (χ1) is 18.8. The minimum absolute atomic E-state index is 0.183. The average molecular weight is 530 g/mol. The van der Waals surface area contributed by atoms with Gasteiger partial charge in [-0.25, -0.2) is 10.2 Å². The van der Waals surface area contributed by atoms with Crippen LogP contribution in [0.4, 0.5) is 10.1 Å². The van der Waals surface area contributed by atoms with E-state index in [-0.39, 0.29) is 11.7 Å². The fraction of sp³-hybridized carbons (Fsp3) is 0.375. The summed E-state index contributed by atoms with van der Waals surface area (Å²) in [5, 5.41) is 0. The molecule has 6 nitrogen and oxygen atoms in total. The molecule has 1 aliphatic heterocycles. The first-order valence-electron chi connectivity index (χ1n) is 13.8. The van der Waals surface area contributed by atoms with E-state index in [4.69, 9.17) is 10.8 Å². The van der Waals surface area contributed by atoms with Crippen molar-refractivity contribution in [2.75, 3.05) is 18.0 Å². The molecule has 1 saturated heterocycles. The number of nitrogens with one attached hydrogen (secondary N) is 1. The number of carbonyl (C=O) groups excluding carboxylic acids is 1. The highest BCUT2D eigenvalue weighted by atomic mass is 19.1. The van der Waals surface area contributed by atoms with E-state index in [9.17, 15) is 9.18 Å². The average Bonchev–Trinajstić information content (AvgIpc) is 2.93. The van der Waals surface area contributed by atoms with Crippen LogP contribution < -0.4 is 16.2 Å². The molecule has 0 spiro atoms. The number of hydrazine groups is 1. The maximum Gasteiger partial charge on any atom is 0.265 e. The number of benzene rings is 2. The zero-order valence-corrected chi connectivity index (χ0v) is 23.4. The Kier molecular flexibility index (Phi) is 9.49. The number of rotatable bonds is 9. The Morgan fingerprint density at radius 2 is 1.85 bits per heavy atom. The van der Waals surface area contributed by atoms with Crippen molar-refractivity contribution >= 4 is 17.7 Å². The number of carbonyl (C=O) groups is 1. The van der Waals surface area contributed by atoms with Gasteiger partial charge in [0.2, 0.25) is 0 Å². The molecule has 4 rings (SSSR count). The summed E-state index contributed by atoms with van der Waals surface area (Å²) in [6, 6.07) is 17.4. The maximum atomic E-state index is 13.7. The fourth-order valence-electron chi connectivity index (χ4n) is 5.37. The van der Waals surface area contributed by atoms with Gasteiger partial charge in [0.1, 0.15) is 5.82 Å². The summed E-state index contributed by atoms with van der Waals surface area (Å²) in [5.74, 6) is 5.13. The van der Waals surface area contributed by atoms with Gasteiger partial charge in [-0.3, -0.25) is 20.1 Å². The van der Waals surface area contributed by atoms with Crippen LogP contribution in [0.1, 0.15) is 59.9 Å². The number of piperazine rings is 1. The number of aromatic nitrogens is 1. The topological polar surface area (TPSA) is 74.5 Å². The molecule has 2 heterocycles. The van der Waals surface area contributed by atoms with Gasteiger partial charge in [0.05, 0.1) is 11.9 Å². The van der Waals surface area contributed by atoms with Crippen LogP contribution in [-0.2, 0) is 13.0 Å². The third kappa shape index (κ3) is 7.31. The molecule has 1 fully saturated rings.